The molecule has 104 valence electrons. The molecule has 0 spiro atoms. The summed E-state index contributed by atoms with van der Waals surface area (Å²) in [5.74, 6) is -2.21. The number of alkyl halides is 2. The predicted molar refractivity (Wildman–Crippen MR) is 65.6 cm³/mol. The fraction of sp³-hybridized carbons (Fsp3) is 0.923. The van der Waals surface area contributed by atoms with Gasteiger partial charge in [-0.1, -0.05) is 0 Å². The minimum Gasteiger partial charge on any atom is -0.344 e. The first kappa shape index (κ1) is 13.7. The van der Waals surface area contributed by atoms with Crippen molar-refractivity contribution < 1.29 is 13.6 Å². The Labute approximate surface area is 107 Å². The van der Waals surface area contributed by atoms with Crippen molar-refractivity contribution in [2.75, 3.05) is 20.1 Å². The highest BCUT2D eigenvalue weighted by Gasteiger charge is 2.36. The fourth-order valence-electron chi connectivity index (χ4n) is 2.96. The van der Waals surface area contributed by atoms with Crippen molar-refractivity contribution in [1.29, 1.82) is 0 Å². The average molecular weight is 260 g/mol. The SMILES string of the molecule is CN1CC(NCC2CCCC(F)(F)C2)CCC1=O. The molecule has 0 aromatic rings. The molecule has 0 radical (unpaired) electrons. The second-order valence-electron chi connectivity index (χ2n) is 5.74. The van der Waals surface area contributed by atoms with Gasteiger partial charge in [0.1, 0.15) is 0 Å². The molecule has 1 heterocycles. The van der Waals surface area contributed by atoms with Crippen molar-refractivity contribution in [3.8, 4) is 0 Å². The molecule has 2 atom stereocenters. The van der Waals surface area contributed by atoms with Gasteiger partial charge in [-0.15, -0.1) is 0 Å². The molecule has 1 saturated carbocycles. The molecular weight excluding hydrogens is 238 g/mol. The van der Waals surface area contributed by atoms with Crippen LogP contribution in [0, 0.1) is 5.92 Å². The van der Waals surface area contributed by atoms with Crippen LogP contribution in [0.1, 0.15) is 38.5 Å². The standard InChI is InChI=1S/C13H22F2N2O/c1-17-9-11(4-5-12(17)18)16-8-10-3-2-6-13(14,15)7-10/h10-11,16H,2-9H2,1H3. The number of nitrogens with zero attached hydrogens (tertiary/aromatic N) is 1. The highest BCUT2D eigenvalue weighted by Crippen LogP contribution is 2.36. The quantitative estimate of drug-likeness (QED) is 0.842. The third kappa shape index (κ3) is 3.64. The minimum atomic E-state index is -2.47. The first-order chi connectivity index (χ1) is 8.46. The zero-order chi connectivity index (χ0) is 13.2. The van der Waals surface area contributed by atoms with Crippen LogP contribution in [0.2, 0.25) is 0 Å². The maximum Gasteiger partial charge on any atom is 0.248 e. The second kappa shape index (κ2) is 5.51. The van der Waals surface area contributed by atoms with Gasteiger partial charge in [0, 0.05) is 38.9 Å². The summed E-state index contributed by atoms with van der Waals surface area (Å²) in [5, 5.41) is 3.35. The van der Waals surface area contributed by atoms with E-state index in [0.717, 1.165) is 12.8 Å². The van der Waals surface area contributed by atoms with E-state index in [1.807, 2.05) is 0 Å². The Hall–Kier alpha value is -0.710. The number of hydrogen-bond acceptors (Lipinski definition) is 2. The van der Waals surface area contributed by atoms with Gasteiger partial charge in [0.15, 0.2) is 0 Å². The summed E-state index contributed by atoms with van der Waals surface area (Å²) >= 11 is 0. The third-order valence-electron chi connectivity index (χ3n) is 4.06. The number of likely N-dealkylation sites (tertiary alicyclic amines) is 1. The van der Waals surface area contributed by atoms with Crippen LogP contribution in [-0.2, 0) is 4.79 Å². The molecule has 1 amide bonds. The number of amides is 1. The van der Waals surface area contributed by atoms with Crippen molar-refractivity contribution in [3.63, 3.8) is 0 Å². The smallest absolute Gasteiger partial charge is 0.248 e. The van der Waals surface area contributed by atoms with Gasteiger partial charge in [0.25, 0.3) is 0 Å². The average Bonchev–Trinajstić information content (AvgIpc) is 2.29. The first-order valence-corrected chi connectivity index (χ1v) is 6.81. The van der Waals surface area contributed by atoms with E-state index in [-0.39, 0.29) is 30.7 Å². The predicted octanol–water partition coefficient (Wildman–Crippen LogP) is 2.02. The molecule has 1 N–H and O–H groups in total. The Balaban J connectivity index is 1.73. The monoisotopic (exact) mass is 260 g/mol. The summed E-state index contributed by atoms with van der Waals surface area (Å²) < 4.78 is 26.5. The van der Waals surface area contributed by atoms with Crippen molar-refractivity contribution >= 4 is 5.91 Å². The Morgan fingerprint density at radius 2 is 2.22 bits per heavy atom. The number of piperidine rings is 1. The number of hydrogen-bond donors (Lipinski definition) is 1. The van der Waals surface area contributed by atoms with Gasteiger partial charge in [-0.05, 0) is 31.7 Å². The second-order valence-corrected chi connectivity index (χ2v) is 5.74. The van der Waals surface area contributed by atoms with E-state index in [4.69, 9.17) is 0 Å². The van der Waals surface area contributed by atoms with Crippen molar-refractivity contribution in [2.24, 2.45) is 5.92 Å². The van der Waals surface area contributed by atoms with Crippen LogP contribution in [-0.4, -0.2) is 42.9 Å². The third-order valence-corrected chi connectivity index (χ3v) is 4.06. The molecule has 2 rings (SSSR count). The molecule has 2 aliphatic rings. The number of rotatable bonds is 3. The summed E-state index contributed by atoms with van der Waals surface area (Å²) in [6, 6.07) is 0.267. The van der Waals surface area contributed by atoms with Gasteiger partial charge < -0.3 is 10.2 Å². The van der Waals surface area contributed by atoms with Crippen LogP contribution < -0.4 is 5.32 Å². The lowest BCUT2D eigenvalue weighted by molar-refractivity contribution is -0.132. The topological polar surface area (TPSA) is 32.3 Å². The molecular formula is C13H22F2N2O. The number of nitrogens with one attached hydrogen (secondary N) is 1. The van der Waals surface area contributed by atoms with E-state index in [0.29, 0.717) is 25.9 Å². The van der Waals surface area contributed by atoms with Gasteiger partial charge >= 0.3 is 0 Å². The number of carbonyl (C=O) groups is 1. The lowest BCUT2D eigenvalue weighted by Gasteiger charge is -2.33. The lowest BCUT2D eigenvalue weighted by Crippen LogP contribution is -2.48. The van der Waals surface area contributed by atoms with E-state index in [2.05, 4.69) is 5.32 Å². The molecule has 0 aromatic carbocycles. The largest absolute Gasteiger partial charge is 0.344 e. The molecule has 1 saturated heterocycles. The fourth-order valence-corrected chi connectivity index (χ4v) is 2.96. The van der Waals surface area contributed by atoms with Crippen molar-refractivity contribution in [1.82, 2.24) is 10.2 Å². The summed E-state index contributed by atoms with van der Waals surface area (Å²) in [4.78, 5) is 13.0. The van der Waals surface area contributed by atoms with Gasteiger partial charge in [-0.25, -0.2) is 8.78 Å². The van der Waals surface area contributed by atoms with Crippen LogP contribution in [0.4, 0.5) is 8.78 Å². The van der Waals surface area contributed by atoms with Gasteiger partial charge in [0.05, 0.1) is 0 Å². The van der Waals surface area contributed by atoms with Gasteiger partial charge in [-0.2, -0.15) is 0 Å². The van der Waals surface area contributed by atoms with Crippen LogP contribution in [0.3, 0.4) is 0 Å². The van der Waals surface area contributed by atoms with Crippen LogP contribution in [0.25, 0.3) is 0 Å². The zero-order valence-corrected chi connectivity index (χ0v) is 10.9. The summed E-state index contributed by atoms with van der Waals surface area (Å²) in [5.41, 5.74) is 0. The van der Waals surface area contributed by atoms with Gasteiger partial charge in [0.2, 0.25) is 11.8 Å². The van der Waals surface area contributed by atoms with E-state index in [1.165, 1.54) is 0 Å². The Bertz CT molecular complexity index is 309. The molecule has 5 heteroatoms. The number of carbonyl (C=O) groups excluding carboxylic acids is 1. The molecule has 18 heavy (non-hydrogen) atoms. The van der Waals surface area contributed by atoms with Crippen LogP contribution >= 0.6 is 0 Å². The van der Waals surface area contributed by atoms with E-state index in [9.17, 15) is 13.6 Å². The Morgan fingerprint density at radius 1 is 1.44 bits per heavy atom. The Morgan fingerprint density at radius 3 is 2.89 bits per heavy atom. The zero-order valence-electron chi connectivity index (χ0n) is 10.9. The summed E-state index contributed by atoms with van der Waals surface area (Å²) in [6.07, 6.45) is 2.97. The normalized spacial score (nSPS) is 32.6. The highest BCUT2D eigenvalue weighted by molar-refractivity contribution is 5.76. The summed E-state index contributed by atoms with van der Waals surface area (Å²) in [6.45, 7) is 1.35. The molecule has 1 aliphatic heterocycles. The molecule has 0 aromatic heterocycles. The van der Waals surface area contributed by atoms with E-state index >= 15 is 0 Å². The molecule has 0 bridgehead atoms. The van der Waals surface area contributed by atoms with E-state index < -0.39 is 5.92 Å². The maximum absolute atomic E-state index is 13.3. The summed E-state index contributed by atoms with van der Waals surface area (Å²) in [7, 11) is 1.80. The Kier molecular flexibility index (Phi) is 4.20. The molecule has 1 aliphatic carbocycles. The molecule has 2 unspecified atom stereocenters. The van der Waals surface area contributed by atoms with Crippen molar-refractivity contribution in [2.45, 2.75) is 50.5 Å². The molecule has 3 nitrogen and oxygen atoms in total. The van der Waals surface area contributed by atoms with Crippen LogP contribution in [0.15, 0.2) is 0 Å². The van der Waals surface area contributed by atoms with Crippen molar-refractivity contribution in [3.05, 3.63) is 0 Å². The number of halogens is 2. The van der Waals surface area contributed by atoms with E-state index in [1.54, 1.807) is 11.9 Å². The molecule has 2 fully saturated rings. The maximum atomic E-state index is 13.3. The highest BCUT2D eigenvalue weighted by atomic mass is 19.3. The number of likely N-dealkylation sites (N-methyl/N-ethyl adjacent to an activating group) is 1. The van der Waals surface area contributed by atoms with Gasteiger partial charge in [-0.3, -0.25) is 4.79 Å². The van der Waals surface area contributed by atoms with Crippen LogP contribution in [0.5, 0.6) is 0 Å². The lowest BCUT2D eigenvalue weighted by atomic mass is 9.86. The minimum absolute atomic E-state index is 0.0154. The first-order valence-electron chi connectivity index (χ1n) is 6.81.